The Morgan fingerprint density at radius 1 is 1.28 bits per heavy atom. The lowest BCUT2D eigenvalue weighted by Gasteiger charge is -2.03. The van der Waals surface area contributed by atoms with E-state index in [1.165, 1.54) is 22.9 Å². The summed E-state index contributed by atoms with van der Waals surface area (Å²) >= 11 is 0. The summed E-state index contributed by atoms with van der Waals surface area (Å²) in [7, 11) is 0. The molecule has 0 aliphatic carbocycles. The molecule has 0 atom stereocenters. The molecular formula is C13H14N4O. The summed E-state index contributed by atoms with van der Waals surface area (Å²) in [4.78, 5) is 7.16. The number of hydrogen-bond acceptors (Lipinski definition) is 4. The number of nitrogens with one attached hydrogen (secondary N) is 2. The van der Waals surface area contributed by atoms with Crippen molar-refractivity contribution >= 4 is 10.9 Å². The van der Waals surface area contributed by atoms with Gasteiger partial charge in [0.1, 0.15) is 0 Å². The number of aromatic nitrogens is 3. The highest BCUT2D eigenvalue weighted by atomic mass is 16.5. The highest BCUT2D eigenvalue weighted by Crippen LogP contribution is 2.13. The maximum atomic E-state index is 4.68. The van der Waals surface area contributed by atoms with Crippen molar-refractivity contribution in [1.29, 1.82) is 0 Å². The van der Waals surface area contributed by atoms with Crippen LogP contribution in [0.2, 0.25) is 0 Å². The molecule has 0 radical (unpaired) electrons. The van der Waals surface area contributed by atoms with Crippen LogP contribution in [-0.4, -0.2) is 21.7 Å². The summed E-state index contributed by atoms with van der Waals surface area (Å²) in [6.45, 7) is 1.68. The van der Waals surface area contributed by atoms with Gasteiger partial charge in [0.25, 0.3) is 0 Å². The van der Waals surface area contributed by atoms with Gasteiger partial charge in [-0.3, -0.25) is 0 Å². The molecule has 3 rings (SSSR count). The monoisotopic (exact) mass is 242 g/mol. The Balaban J connectivity index is 1.53. The van der Waals surface area contributed by atoms with E-state index in [-0.39, 0.29) is 0 Å². The van der Waals surface area contributed by atoms with Crippen molar-refractivity contribution in [3.63, 3.8) is 0 Å². The largest absolute Gasteiger partial charge is 0.361 e. The fraction of sp³-hybridized carbons (Fsp3) is 0.231. The molecule has 0 saturated carbocycles. The first-order valence-electron chi connectivity index (χ1n) is 5.94. The maximum absolute atomic E-state index is 4.68. The Morgan fingerprint density at radius 2 is 2.28 bits per heavy atom. The number of rotatable bonds is 5. The highest BCUT2D eigenvalue weighted by molar-refractivity contribution is 5.79. The fourth-order valence-electron chi connectivity index (χ4n) is 1.95. The average Bonchev–Trinajstić information content (AvgIpc) is 3.05. The summed E-state index contributed by atoms with van der Waals surface area (Å²) < 4.78 is 4.68. The van der Waals surface area contributed by atoms with Crippen molar-refractivity contribution in [3.8, 4) is 0 Å². The van der Waals surface area contributed by atoms with Gasteiger partial charge in [-0.25, -0.2) is 0 Å². The van der Waals surface area contributed by atoms with Gasteiger partial charge in [-0.15, -0.1) is 0 Å². The summed E-state index contributed by atoms with van der Waals surface area (Å²) in [5.41, 5.74) is 2.45. The molecule has 1 aromatic carbocycles. The van der Waals surface area contributed by atoms with Gasteiger partial charge in [-0.05, 0) is 29.1 Å². The van der Waals surface area contributed by atoms with Crippen LogP contribution < -0.4 is 5.32 Å². The molecule has 18 heavy (non-hydrogen) atoms. The molecule has 0 spiro atoms. The Morgan fingerprint density at radius 3 is 3.17 bits per heavy atom. The number of benzene rings is 1. The van der Waals surface area contributed by atoms with Crippen LogP contribution in [0.25, 0.3) is 10.9 Å². The van der Waals surface area contributed by atoms with Gasteiger partial charge in [-0.1, -0.05) is 11.2 Å². The zero-order valence-electron chi connectivity index (χ0n) is 9.89. The summed E-state index contributed by atoms with van der Waals surface area (Å²) in [5.74, 6) is 0.739. The number of fused-ring (bicyclic) bond motifs is 1. The zero-order valence-corrected chi connectivity index (χ0v) is 9.89. The summed E-state index contributed by atoms with van der Waals surface area (Å²) in [6.07, 6.45) is 4.09. The van der Waals surface area contributed by atoms with Crippen molar-refractivity contribution in [3.05, 3.63) is 48.2 Å². The molecule has 0 amide bonds. The molecule has 5 nitrogen and oxygen atoms in total. The van der Waals surface area contributed by atoms with Crippen LogP contribution in [-0.2, 0) is 13.0 Å². The molecule has 0 fully saturated rings. The summed E-state index contributed by atoms with van der Waals surface area (Å²) in [6, 6.07) is 8.50. The van der Waals surface area contributed by atoms with Gasteiger partial charge in [-0.2, -0.15) is 4.98 Å². The molecule has 92 valence electrons. The van der Waals surface area contributed by atoms with Crippen LogP contribution in [0.1, 0.15) is 11.4 Å². The van der Waals surface area contributed by atoms with E-state index in [0.29, 0.717) is 0 Å². The Labute approximate surface area is 104 Å². The van der Waals surface area contributed by atoms with Gasteiger partial charge in [0.2, 0.25) is 6.39 Å². The van der Waals surface area contributed by atoms with Crippen LogP contribution >= 0.6 is 0 Å². The fourth-order valence-corrected chi connectivity index (χ4v) is 1.95. The molecule has 2 heterocycles. The van der Waals surface area contributed by atoms with E-state index in [0.717, 1.165) is 25.3 Å². The third-order valence-electron chi connectivity index (χ3n) is 2.88. The van der Waals surface area contributed by atoms with Crippen molar-refractivity contribution in [2.75, 3.05) is 6.54 Å². The lowest BCUT2D eigenvalue weighted by Crippen LogP contribution is -2.17. The van der Waals surface area contributed by atoms with Crippen molar-refractivity contribution in [2.24, 2.45) is 0 Å². The van der Waals surface area contributed by atoms with Gasteiger partial charge in [0.15, 0.2) is 5.82 Å². The minimum atomic E-state index is 0.739. The Hall–Kier alpha value is -2.14. The van der Waals surface area contributed by atoms with E-state index >= 15 is 0 Å². The van der Waals surface area contributed by atoms with E-state index in [2.05, 4.69) is 49.2 Å². The molecule has 0 aliphatic heterocycles. The first-order chi connectivity index (χ1) is 8.92. The van der Waals surface area contributed by atoms with E-state index in [9.17, 15) is 0 Å². The predicted octanol–water partition coefficient (Wildman–Crippen LogP) is 1.88. The molecular weight excluding hydrogens is 228 g/mol. The second-order valence-corrected chi connectivity index (χ2v) is 4.17. The van der Waals surface area contributed by atoms with Gasteiger partial charge >= 0.3 is 0 Å². The number of H-pyrrole nitrogens is 1. The number of hydrogen-bond donors (Lipinski definition) is 2. The van der Waals surface area contributed by atoms with E-state index in [1.54, 1.807) is 0 Å². The predicted molar refractivity (Wildman–Crippen MR) is 68.0 cm³/mol. The molecule has 2 aromatic heterocycles. The summed E-state index contributed by atoms with van der Waals surface area (Å²) in [5, 5.41) is 8.37. The third-order valence-corrected chi connectivity index (χ3v) is 2.88. The van der Waals surface area contributed by atoms with Crippen molar-refractivity contribution in [1.82, 2.24) is 20.4 Å². The smallest absolute Gasteiger partial charge is 0.213 e. The molecule has 0 bridgehead atoms. The van der Waals surface area contributed by atoms with Gasteiger partial charge < -0.3 is 14.8 Å². The molecule has 0 unspecified atom stereocenters. The minimum absolute atomic E-state index is 0.739. The van der Waals surface area contributed by atoms with Crippen LogP contribution in [0.3, 0.4) is 0 Å². The molecule has 5 heteroatoms. The van der Waals surface area contributed by atoms with Crippen LogP contribution in [0.5, 0.6) is 0 Å². The Kier molecular flexibility index (Phi) is 3.06. The third kappa shape index (κ3) is 2.41. The average molecular weight is 242 g/mol. The van der Waals surface area contributed by atoms with Crippen LogP contribution in [0.4, 0.5) is 0 Å². The molecule has 0 aliphatic rings. The minimum Gasteiger partial charge on any atom is -0.361 e. The lowest BCUT2D eigenvalue weighted by atomic mass is 10.1. The number of nitrogens with zero attached hydrogens (tertiary/aromatic N) is 2. The quantitative estimate of drug-likeness (QED) is 0.670. The molecule has 2 N–H and O–H groups in total. The second kappa shape index (κ2) is 5.01. The highest BCUT2D eigenvalue weighted by Gasteiger charge is 1.99. The topological polar surface area (TPSA) is 66.7 Å². The van der Waals surface area contributed by atoms with Crippen LogP contribution in [0.15, 0.2) is 41.4 Å². The SMILES string of the molecule is c1cc2cc(CNCCc3ncon3)ccc2[nH]1. The van der Waals surface area contributed by atoms with E-state index in [1.807, 2.05) is 6.20 Å². The Bertz CT molecular complexity index is 615. The van der Waals surface area contributed by atoms with Crippen LogP contribution in [0, 0.1) is 0 Å². The van der Waals surface area contributed by atoms with E-state index < -0.39 is 0 Å². The maximum Gasteiger partial charge on any atom is 0.213 e. The first kappa shape index (κ1) is 11.0. The molecule has 3 aromatic rings. The van der Waals surface area contributed by atoms with Gasteiger partial charge in [0.05, 0.1) is 0 Å². The second-order valence-electron chi connectivity index (χ2n) is 4.17. The van der Waals surface area contributed by atoms with Crippen molar-refractivity contribution < 1.29 is 4.52 Å². The normalized spacial score (nSPS) is 11.1. The standard InChI is InChI=1S/C13H14N4O/c1-2-12-11(3-6-15-12)7-10(1)8-14-5-4-13-16-9-18-17-13/h1-3,6-7,9,14-15H,4-5,8H2. The van der Waals surface area contributed by atoms with Gasteiger partial charge in [0, 0.05) is 31.2 Å². The van der Waals surface area contributed by atoms with E-state index in [4.69, 9.17) is 0 Å². The molecule has 0 saturated heterocycles. The lowest BCUT2D eigenvalue weighted by molar-refractivity contribution is 0.409. The van der Waals surface area contributed by atoms with Crippen molar-refractivity contribution in [2.45, 2.75) is 13.0 Å². The number of aromatic amines is 1. The zero-order chi connectivity index (χ0) is 12.2. The first-order valence-corrected chi connectivity index (χ1v) is 5.94.